The zero-order valence-corrected chi connectivity index (χ0v) is 17.6. The van der Waals surface area contributed by atoms with Crippen LogP contribution in [0.1, 0.15) is 16.8 Å². The Morgan fingerprint density at radius 1 is 1.14 bits per heavy atom. The maximum atomic E-state index is 12.8. The van der Waals surface area contributed by atoms with Crippen LogP contribution in [0.15, 0.2) is 51.8 Å². The van der Waals surface area contributed by atoms with E-state index in [-0.39, 0.29) is 29.5 Å². The molecule has 2 aromatic carbocycles. The third-order valence-corrected chi connectivity index (χ3v) is 6.02. The molecule has 0 saturated carbocycles. The summed E-state index contributed by atoms with van der Waals surface area (Å²) in [6, 6.07) is 9.59. The Labute approximate surface area is 171 Å². The van der Waals surface area contributed by atoms with Gasteiger partial charge < -0.3 is 9.47 Å². The lowest BCUT2D eigenvalue weighted by Crippen LogP contribution is -2.26. The Balaban J connectivity index is 1.93. The quantitative estimate of drug-likeness (QED) is 0.314. The van der Waals surface area contributed by atoms with Gasteiger partial charge in [0, 0.05) is 17.9 Å². The SMILES string of the molecule is CON(C)S(=O)(=O)c1ccc(Br)c(C(=O)OCCCOc2ccc(F)cc2)c1. The predicted octanol–water partition coefficient (Wildman–Crippen LogP) is 3.40. The van der Waals surface area contributed by atoms with Gasteiger partial charge in [-0.15, -0.1) is 0 Å². The highest BCUT2D eigenvalue weighted by Crippen LogP contribution is 2.24. The number of sulfonamides is 1. The Hall–Kier alpha value is -2.01. The van der Waals surface area contributed by atoms with Gasteiger partial charge in [0.1, 0.15) is 11.6 Å². The second-order valence-corrected chi connectivity index (χ2v) is 8.32. The zero-order valence-electron chi connectivity index (χ0n) is 15.2. The van der Waals surface area contributed by atoms with E-state index in [1.54, 1.807) is 0 Å². The van der Waals surface area contributed by atoms with Crippen LogP contribution in [0.5, 0.6) is 5.75 Å². The number of benzene rings is 2. The molecule has 0 saturated heterocycles. The third-order valence-electron chi connectivity index (χ3n) is 3.66. The van der Waals surface area contributed by atoms with Gasteiger partial charge in [-0.3, -0.25) is 4.84 Å². The van der Waals surface area contributed by atoms with E-state index in [4.69, 9.17) is 14.3 Å². The minimum absolute atomic E-state index is 0.0709. The van der Waals surface area contributed by atoms with E-state index in [0.717, 1.165) is 0 Å². The number of halogens is 2. The van der Waals surface area contributed by atoms with Crippen molar-refractivity contribution in [1.82, 2.24) is 4.47 Å². The molecule has 0 heterocycles. The zero-order chi connectivity index (χ0) is 20.7. The summed E-state index contributed by atoms with van der Waals surface area (Å²) in [4.78, 5) is 16.9. The number of carbonyl (C=O) groups is 1. The molecular formula is C18H19BrFNO6S. The highest BCUT2D eigenvalue weighted by Gasteiger charge is 2.23. The lowest BCUT2D eigenvalue weighted by atomic mass is 10.2. The number of hydrogen-bond acceptors (Lipinski definition) is 6. The summed E-state index contributed by atoms with van der Waals surface area (Å²) in [5, 5.41) is 0. The molecule has 0 bridgehead atoms. The maximum absolute atomic E-state index is 12.8. The van der Waals surface area contributed by atoms with Crippen LogP contribution in [-0.4, -0.2) is 46.2 Å². The lowest BCUT2D eigenvalue weighted by molar-refractivity contribution is -0.0258. The lowest BCUT2D eigenvalue weighted by Gasteiger charge is -2.15. The van der Waals surface area contributed by atoms with Crippen LogP contribution >= 0.6 is 15.9 Å². The number of hydrogen-bond donors (Lipinski definition) is 0. The molecule has 152 valence electrons. The van der Waals surface area contributed by atoms with Crippen LogP contribution in [0.3, 0.4) is 0 Å². The average Bonchev–Trinajstić information content (AvgIpc) is 2.68. The van der Waals surface area contributed by atoms with Crippen LogP contribution in [0.4, 0.5) is 4.39 Å². The molecule has 0 aliphatic carbocycles. The number of rotatable bonds is 9. The molecular weight excluding hydrogens is 457 g/mol. The van der Waals surface area contributed by atoms with Crippen LogP contribution in [0, 0.1) is 5.82 Å². The average molecular weight is 476 g/mol. The third kappa shape index (κ3) is 5.74. The number of nitrogens with zero attached hydrogens (tertiary/aromatic N) is 1. The van der Waals surface area contributed by atoms with Gasteiger partial charge in [-0.2, -0.15) is 0 Å². The van der Waals surface area contributed by atoms with E-state index in [1.807, 2.05) is 0 Å². The summed E-state index contributed by atoms with van der Waals surface area (Å²) in [5.41, 5.74) is 0.0741. The second-order valence-electron chi connectivity index (χ2n) is 5.53. The molecule has 0 amide bonds. The fourth-order valence-electron chi connectivity index (χ4n) is 2.09. The largest absolute Gasteiger partial charge is 0.493 e. The molecule has 0 aromatic heterocycles. The summed E-state index contributed by atoms with van der Waals surface area (Å²) in [7, 11) is -1.42. The van der Waals surface area contributed by atoms with Crippen molar-refractivity contribution in [2.24, 2.45) is 0 Å². The van der Waals surface area contributed by atoms with Crippen molar-refractivity contribution in [1.29, 1.82) is 0 Å². The van der Waals surface area contributed by atoms with Crippen molar-refractivity contribution in [3.63, 3.8) is 0 Å². The molecule has 0 aliphatic rings. The van der Waals surface area contributed by atoms with Gasteiger partial charge in [0.15, 0.2) is 0 Å². The molecule has 0 radical (unpaired) electrons. The van der Waals surface area contributed by atoms with Crippen molar-refractivity contribution >= 4 is 31.9 Å². The van der Waals surface area contributed by atoms with Gasteiger partial charge >= 0.3 is 5.97 Å². The summed E-state index contributed by atoms with van der Waals surface area (Å²) in [5.74, 6) is -0.519. The van der Waals surface area contributed by atoms with Crippen molar-refractivity contribution in [2.45, 2.75) is 11.3 Å². The van der Waals surface area contributed by atoms with Gasteiger partial charge in [-0.05, 0) is 58.4 Å². The molecule has 0 atom stereocenters. The second kappa shape index (κ2) is 9.97. The van der Waals surface area contributed by atoms with Gasteiger partial charge in [-0.1, -0.05) is 4.47 Å². The van der Waals surface area contributed by atoms with Gasteiger partial charge in [0.05, 0.1) is 30.8 Å². The summed E-state index contributed by atoms with van der Waals surface area (Å²) in [6.45, 7) is 0.342. The Kier molecular flexibility index (Phi) is 7.93. The molecule has 2 aromatic rings. The topological polar surface area (TPSA) is 82.1 Å². The van der Waals surface area contributed by atoms with E-state index in [0.29, 0.717) is 21.1 Å². The molecule has 0 N–H and O–H groups in total. The fourth-order valence-corrected chi connectivity index (χ4v) is 3.50. The fraction of sp³-hybridized carbons (Fsp3) is 0.278. The molecule has 0 aliphatic heterocycles. The predicted molar refractivity (Wildman–Crippen MR) is 103 cm³/mol. The number of hydroxylamine groups is 1. The standard InChI is InChI=1S/C18H19BrFNO6S/c1-21(25-2)28(23,24)15-8-9-17(19)16(12-15)18(22)27-11-3-10-26-14-6-4-13(20)5-7-14/h4-9,12H,3,10-11H2,1-2H3. The highest BCUT2D eigenvalue weighted by atomic mass is 79.9. The number of esters is 1. The molecule has 2 rings (SSSR count). The van der Waals surface area contributed by atoms with Crippen LogP contribution in [0.2, 0.25) is 0 Å². The number of carbonyl (C=O) groups excluding carboxylic acids is 1. The van der Waals surface area contributed by atoms with E-state index in [1.165, 1.54) is 56.6 Å². The molecule has 0 spiro atoms. The maximum Gasteiger partial charge on any atom is 0.339 e. The summed E-state index contributed by atoms with van der Waals surface area (Å²) in [6.07, 6.45) is 0.408. The smallest absolute Gasteiger partial charge is 0.339 e. The first-order valence-electron chi connectivity index (χ1n) is 8.14. The van der Waals surface area contributed by atoms with E-state index in [9.17, 15) is 17.6 Å². The van der Waals surface area contributed by atoms with Crippen LogP contribution in [0.25, 0.3) is 0 Å². The van der Waals surface area contributed by atoms with Gasteiger partial charge in [0.25, 0.3) is 10.0 Å². The Morgan fingerprint density at radius 2 is 1.82 bits per heavy atom. The normalized spacial score (nSPS) is 11.5. The first kappa shape index (κ1) is 22.3. The Morgan fingerprint density at radius 3 is 2.46 bits per heavy atom. The van der Waals surface area contributed by atoms with Crippen molar-refractivity contribution < 1.29 is 31.9 Å². The van der Waals surface area contributed by atoms with E-state index >= 15 is 0 Å². The Bertz CT molecular complexity index is 920. The number of ether oxygens (including phenoxy) is 2. The molecule has 0 unspecified atom stereocenters. The van der Waals surface area contributed by atoms with E-state index < -0.39 is 16.0 Å². The van der Waals surface area contributed by atoms with E-state index in [2.05, 4.69) is 15.9 Å². The van der Waals surface area contributed by atoms with Crippen molar-refractivity contribution in [3.8, 4) is 5.75 Å². The van der Waals surface area contributed by atoms with Crippen molar-refractivity contribution in [2.75, 3.05) is 27.4 Å². The molecule has 7 nitrogen and oxygen atoms in total. The minimum atomic E-state index is -3.89. The van der Waals surface area contributed by atoms with Gasteiger partial charge in [-0.25, -0.2) is 17.6 Å². The monoisotopic (exact) mass is 475 g/mol. The van der Waals surface area contributed by atoms with Gasteiger partial charge in [0.2, 0.25) is 0 Å². The van der Waals surface area contributed by atoms with Crippen LogP contribution in [-0.2, 0) is 19.6 Å². The summed E-state index contributed by atoms with van der Waals surface area (Å²) >= 11 is 3.22. The molecule has 10 heteroatoms. The minimum Gasteiger partial charge on any atom is -0.493 e. The highest BCUT2D eigenvalue weighted by molar-refractivity contribution is 9.10. The molecule has 0 fully saturated rings. The summed E-state index contributed by atoms with van der Waals surface area (Å²) < 4.78 is 49.1. The first-order chi connectivity index (χ1) is 13.3. The van der Waals surface area contributed by atoms with Crippen LogP contribution < -0.4 is 4.74 Å². The molecule has 28 heavy (non-hydrogen) atoms. The first-order valence-corrected chi connectivity index (χ1v) is 10.4. The van der Waals surface area contributed by atoms with Crippen molar-refractivity contribution in [3.05, 3.63) is 58.3 Å².